The van der Waals surface area contributed by atoms with Crippen molar-refractivity contribution in [2.24, 2.45) is 23.7 Å². The molecule has 3 aliphatic rings. The van der Waals surface area contributed by atoms with Crippen molar-refractivity contribution < 1.29 is 17.0 Å². The summed E-state index contributed by atoms with van der Waals surface area (Å²) in [6.07, 6.45) is 8.60. The molecule has 6 heteroatoms. The molecule has 0 amide bonds. The Morgan fingerprint density at radius 2 is 1.42 bits per heavy atom. The fraction of sp³-hybridized carbons (Fsp3) is 0.270. The van der Waals surface area contributed by atoms with Crippen molar-refractivity contribution in [3.05, 3.63) is 128 Å². The number of nitrogens with zero attached hydrogens (tertiary/aromatic N) is 2. The van der Waals surface area contributed by atoms with Gasteiger partial charge in [0, 0.05) is 11.4 Å². The van der Waals surface area contributed by atoms with Crippen molar-refractivity contribution in [1.29, 1.82) is 0 Å². The molecule has 0 spiro atoms. The van der Waals surface area contributed by atoms with Crippen molar-refractivity contribution in [2.75, 3.05) is 4.57 Å². The summed E-state index contributed by atoms with van der Waals surface area (Å²) in [5.74, 6) is 2.39. The minimum absolute atomic E-state index is 0. The molecule has 1 unspecified atom stereocenters. The summed E-state index contributed by atoms with van der Waals surface area (Å²) in [5, 5.41) is 7.78. The van der Waals surface area contributed by atoms with Gasteiger partial charge < -0.3 is 17.3 Å². The molecule has 4 aromatic rings. The number of fused-ring (bicyclic) bond motifs is 4. The monoisotopic (exact) mass is 658 g/mol. The van der Waals surface area contributed by atoms with E-state index < -0.39 is 25.3 Å². The maximum atomic E-state index is 5.07. The van der Waals surface area contributed by atoms with E-state index in [1.54, 1.807) is 0 Å². The molecule has 2 nitrogen and oxygen atoms in total. The maximum absolute atomic E-state index is 5.07. The first-order chi connectivity index (χ1) is 20.4. The number of hydrogen-bond donors (Lipinski definition) is 0. The summed E-state index contributed by atoms with van der Waals surface area (Å²) in [7, 11) is 7.68. The fourth-order valence-electron chi connectivity index (χ4n) is 8.11. The molecule has 222 valence electrons. The molecule has 0 aromatic heterocycles. The Kier molecular flexibility index (Phi) is 10.0. The number of allylic oxidation sites excluding steroid dienone is 4. The third-order valence-electron chi connectivity index (χ3n) is 9.71. The van der Waals surface area contributed by atoms with E-state index in [0.29, 0.717) is 29.2 Å². The molecular formula is C37H40Cl2N2SiTi-2. The van der Waals surface area contributed by atoms with Gasteiger partial charge in [0.2, 0.25) is 0 Å². The molecule has 1 saturated carbocycles. The second-order valence-corrected chi connectivity index (χ2v) is 19.5. The van der Waals surface area contributed by atoms with Crippen LogP contribution in [-0.4, -0.2) is 8.24 Å². The number of hydrogen-bond acceptors (Lipinski definition) is 1. The van der Waals surface area contributed by atoms with Crippen molar-refractivity contribution in [2.45, 2.75) is 38.9 Å². The van der Waals surface area contributed by atoms with E-state index in [1.165, 1.54) is 39.7 Å². The van der Waals surface area contributed by atoms with Gasteiger partial charge in [-0.25, -0.2) is 0 Å². The minimum atomic E-state index is -2.10. The molecule has 0 saturated heterocycles. The van der Waals surface area contributed by atoms with Crippen LogP contribution in [0.4, 0.5) is 22.7 Å². The summed E-state index contributed by atoms with van der Waals surface area (Å²) < 4.78 is 2.76. The van der Waals surface area contributed by atoms with E-state index in [1.807, 2.05) is 0 Å². The van der Waals surface area contributed by atoms with Crippen LogP contribution >= 0.6 is 18.6 Å². The quantitative estimate of drug-likeness (QED) is 0.157. The first kappa shape index (κ1) is 32.1. The second kappa shape index (κ2) is 13.4. The Balaban J connectivity index is 0.000000885. The predicted molar refractivity (Wildman–Crippen MR) is 188 cm³/mol. The topological polar surface area (TPSA) is 17.3 Å². The Hall–Kier alpha value is -2.27. The normalized spacial score (nSPS) is 21.8. The van der Waals surface area contributed by atoms with Crippen LogP contribution in [-0.2, 0) is 17.0 Å². The first-order valence-electron chi connectivity index (χ1n) is 14.9. The van der Waals surface area contributed by atoms with Crippen LogP contribution in [0.15, 0.2) is 109 Å². The van der Waals surface area contributed by atoms with Crippen LogP contribution in [0.2, 0.25) is 18.6 Å². The van der Waals surface area contributed by atoms with E-state index in [9.17, 15) is 0 Å². The Morgan fingerprint density at radius 3 is 2.07 bits per heavy atom. The molecule has 0 N–H and O–H groups in total. The summed E-state index contributed by atoms with van der Waals surface area (Å²) in [6, 6.07) is 33.3. The van der Waals surface area contributed by atoms with E-state index in [4.69, 9.17) is 23.9 Å². The fourth-order valence-corrected chi connectivity index (χ4v) is 12.9. The van der Waals surface area contributed by atoms with Gasteiger partial charge in [0.05, 0.1) is 0 Å². The summed E-state index contributed by atoms with van der Waals surface area (Å²) in [4.78, 5) is 0. The second-order valence-electron chi connectivity index (χ2n) is 12.5. The molecular weight excluding hydrogens is 619 g/mol. The third-order valence-corrected chi connectivity index (χ3v) is 13.8. The molecule has 1 heterocycles. The number of rotatable bonds is 4. The number of para-hydroxylation sites is 4. The molecule has 0 bridgehead atoms. The van der Waals surface area contributed by atoms with Crippen LogP contribution in [0.25, 0.3) is 21.7 Å². The zero-order valence-corrected chi connectivity index (χ0v) is 29.7. The van der Waals surface area contributed by atoms with Crippen LogP contribution in [0.3, 0.4) is 0 Å². The summed E-state index contributed by atoms with van der Waals surface area (Å²) >= 11 is -0.556. The van der Waals surface area contributed by atoms with Crippen LogP contribution in [0.1, 0.15) is 25.8 Å². The zero-order chi connectivity index (χ0) is 29.4. The van der Waals surface area contributed by atoms with E-state index >= 15 is 0 Å². The molecule has 4 atom stereocenters. The van der Waals surface area contributed by atoms with Crippen LogP contribution < -0.4 is 4.57 Å². The van der Waals surface area contributed by atoms with Crippen LogP contribution in [0, 0.1) is 31.1 Å². The van der Waals surface area contributed by atoms with Gasteiger partial charge in [0.15, 0.2) is 8.24 Å². The molecule has 4 aromatic carbocycles. The van der Waals surface area contributed by atoms with Gasteiger partial charge in [0.1, 0.15) is 0 Å². The molecule has 0 radical (unpaired) electrons. The van der Waals surface area contributed by atoms with Gasteiger partial charge in [-0.05, 0) is 69.7 Å². The van der Waals surface area contributed by atoms with Crippen molar-refractivity contribution in [3.63, 3.8) is 0 Å². The molecule has 1 fully saturated rings. The van der Waals surface area contributed by atoms with Gasteiger partial charge in [-0.1, -0.05) is 124 Å². The number of benzene rings is 4. The van der Waals surface area contributed by atoms with E-state index in [-0.39, 0.29) is 7.43 Å². The number of halogens is 2. The average molecular weight is 660 g/mol. The Bertz CT molecular complexity index is 1600. The van der Waals surface area contributed by atoms with Crippen molar-refractivity contribution in [3.8, 4) is 0 Å². The Labute approximate surface area is 276 Å². The van der Waals surface area contributed by atoms with Gasteiger partial charge in [0.25, 0.3) is 0 Å². The number of anilines is 2. The predicted octanol–water partition coefficient (Wildman–Crippen LogP) is 12.6. The summed E-state index contributed by atoms with van der Waals surface area (Å²) in [5.41, 5.74) is 8.34. The van der Waals surface area contributed by atoms with Crippen LogP contribution in [0.5, 0.6) is 0 Å². The van der Waals surface area contributed by atoms with Crippen molar-refractivity contribution in [1.82, 2.24) is 0 Å². The van der Waals surface area contributed by atoms with Gasteiger partial charge in [-0.2, -0.15) is 0 Å². The average Bonchev–Trinajstić information content (AvgIpc) is 3.41. The molecule has 43 heavy (non-hydrogen) atoms. The van der Waals surface area contributed by atoms with Crippen molar-refractivity contribution >= 4 is 65.9 Å². The standard InChI is InChI=1S/C36H37N2Si.CH3.2ClH.Ti/c1-24(2)30-23-31-28(27-16-11-14-25-13-5-6-15-26(25)27)17-12-18-29(31)36(30)39(3,4)38-34-21-9-7-19-32(34)37-33-20-8-10-22-35(33)38;;;;/h5-22,24,29-31,36H,23H2,1-4H3;1H3;2*1H;/q2*-1;;;+2/p-2/t29-,30-,31+,36?;;;;/m0..../s1. The Morgan fingerprint density at radius 1 is 0.837 bits per heavy atom. The SMILES string of the molecule is CC(C)[C@@H]1C[C@@H]2C(c3cccc4ccccc34)=CC=C[C@@H]2C1[Si](C)(C)N1c2ccccc2[N-]c2ccccc21.[CH3-].[Cl][Ti][Cl]. The zero-order valence-electron chi connectivity index (χ0n) is 25.6. The molecule has 2 aliphatic carbocycles. The van der Waals surface area contributed by atoms with Gasteiger partial charge in [-0.3, -0.25) is 0 Å². The van der Waals surface area contributed by atoms with E-state index in [2.05, 4.69) is 141 Å². The van der Waals surface area contributed by atoms with E-state index in [0.717, 1.165) is 11.4 Å². The molecule has 1 aliphatic heterocycles. The van der Waals surface area contributed by atoms with Gasteiger partial charge >= 0.3 is 35.6 Å². The molecule has 7 rings (SSSR count). The summed E-state index contributed by atoms with van der Waals surface area (Å²) in [6.45, 7) is 10.2. The van der Waals surface area contributed by atoms with Gasteiger partial charge in [-0.15, -0.1) is 11.4 Å². The first-order valence-corrected chi connectivity index (χ1v) is 22.2. The third kappa shape index (κ3) is 5.80.